The molecule has 1 saturated heterocycles. The maximum atomic E-state index is 13.0. The van der Waals surface area contributed by atoms with E-state index in [0.29, 0.717) is 12.8 Å². The van der Waals surface area contributed by atoms with E-state index in [4.69, 9.17) is 10.8 Å². The van der Waals surface area contributed by atoms with E-state index < -0.39 is 60.2 Å². The lowest BCUT2D eigenvalue weighted by atomic mass is 10.0. The van der Waals surface area contributed by atoms with Crippen molar-refractivity contribution in [2.24, 2.45) is 5.73 Å². The molecule has 1 aromatic carbocycles. The summed E-state index contributed by atoms with van der Waals surface area (Å²) in [5.74, 6) is -4.59. The number of carbonyl (C=O) groups excluding carboxylic acids is 3. The van der Waals surface area contributed by atoms with Crippen LogP contribution in [-0.4, -0.2) is 75.5 Å². The lowest BCUT2D eigenvalue weighted by molar-refractivity contribution is -0.147. The van der Waals surface area contributed by atoms with Crippen molar-refractivity contribution < 1.29 is 34.2 Å². The zero-order valence-corrected chi connectivity index (χ0v) is 17.7. The maximum absolute atomic E-state index is 13.0. The number of nitrogens with two attached hydrogens (primary N) is 1. The number of hydrogen-bond donors (Lipinski definition) is 5. The Bertz CT molecular complexity index is 861. The van der Waals surface area contributed by atoms with Gasteiger partial charge in [-0.2, -0.15) is 0 Å². The zero-order chi connectivity index (χ0) is 23.8. The zero-order valence-electron chi connectivity index (χ0n) is 17.7. The van der Waals surface area contributed by atoms with E-state index >= 15 is 0 Å². The van der Waals surface area contributed by atoms with E-state index in [1.807, 2.05) is 6.07 Å². The van der Waals surface area contributed by atoms with Crippen molar-refractivity contribution in [2.45, 2.75) is 56.8 Å². The second kappa shape index (κ2) is 11.2. The van der Waals surface area contributed by atoms with E-state index in [0.717, 1.165) is 5.56 Å². The van der Waals surface area contributed by atoms with Gasteiger partial charge in [0, 0.05) is 6.54 Å². The van der Waals surface area contributed by atoms with Crippen molar-refractivity contribution in [3.8, 4) is 0 Å². The van der Waals surface area contributed by atoms with Gasteiger partial charge < -0.3 is 31.5 Å². The average Bonchev–Trinajstić information content (AvgIpc) is 3.23. The summed E-state index contributed by atoms with van der Waals surface area (Å²) in [7, 11) is 0. The smallest absolute Gasteiger partial charge is 0.325 e. The normalized spacial score (nSPS) is 18.3. The van der Waals surface area contributed by atoms with E-state index in [2.05, 4.69) is 10.6 Å². The SMILES string of the molecule is CC(NC(=O)C1CCCN1C(=O)C(CC(=O)O)NC(=O)C(N)Cc1ccccc1)C(=O)O. The lowest BCUT2D eigenvalue weighted by Crippen LogP contribution is -2.57. The Labute approximate surface area is 184 Å². The Kier molecular flexibility index (Phi) is 8.71. The van der Waals surface area contributed by atoms with Gasteiger partial charge in [-0.05, 0) is 31.7 Å². The molecule has 1 fully saturated rings. The minimum absolute atomic E-state index is 0.181. The van der Waals surface area contributed by atoms with Crippen molar-refractivity contribution in [3.05, 3.63) is 35.9 Å². The summed E-state index contributed by atoms with van der Waals surface area (Å²) >= 11 is 0. The average molecular weight is 448 g/mol. The molecule has 6 N–H and O–H groups in total. The Balaban J connectivity index is 2.09. The van der Waals surface area contributed by atoms with Gasteiger partial charge in [0.1, 0.15) is 18.1 Å². The fourth-order valence-electron chi connectivity index (χ4n) is 3.49. The Morgan fingerprint density at radius 3 is 2.38 bits per heavy atom. The van der Waals surface area contributed by atoms with Crippen LogP contribution in [0.4, 0.5) is 0 Å². The summed E-state index contributed by atoms with van der Waals surface area (Å²) in [4.78, 5) is 61.5. The van der Waals surface area contributed by atoms with Crippen LogP contribution in [0.3, 0.4) is 0 Å². The van der Waals surface area contributed by atoms with Crippen molar-refractivity contribution in [1.82, 2.24) is 15.5 Å². The van der Waals surface area contributed by atoms with Crippen LogP contribution in [0.15, 0.2) is 30.3 Å². The second-order valence-electron chi connectivity index (χ2n) is 7.71. The minimum atomic E-state index is -1.41. The highest BCUT2D eigenvalue weighted by Crippen LogP contribution is 2.19. The monoisotopic (exact) mass is 448 g/mol. The highest BCUT2D eigenvalue weighted by Gasteiger charge is 2.39. The van der Waals surface area contributed by atoms with E-state index in [-0.39, 0.29) is 13.0 Å². The second-order valence-corrected chi connectivity index (χ2v) is 7.71. The maximum Gasteiger partial charge on any atom is 0.325 e. The standard InChI is InChI=1S/C21H28N4O7/c1-12(21(31)32)23-19(29)16-8-5-9-25(16)20(30)15(11-17(26)27)24-18(28)14(22)10-13-6-3-2-4-7-13/h2-4,6-7,12,14-16H,5,8-11,22H2,1H3,(H,23,29)(H,24,28)(H,26,27)(H,31,32). The molecule has 11 nitrogen and oxygen atoms in total. The summed E-state index contributed by atoms with van der Waals surface area (Å²) in [5, 5.41) is 22.9. The molecule has 174 valence electrons. The fraction of sp³-hybridized carbons (Fsp3) is 0.476. The van der Waals surface area contributed by atoms with Gasteiger partial charge in [0.15, 0.2) is 0 Å². The summed E-state index contributed by atoms with van der Waals surface area (Å²) in [6, 6.07) is 4.47. The summed E-state index contributed by atoms with van der Waals surface area (Å²) in [5.41, 5.74) is 6.74. The van der Waals surface area contributed by atoms with Crippen LogP contribution in [0.1, 0.15) is 31.7 Å². The Morgan fingerprint density at radius 1 is 1.12 bits per heavy atom. The number of carboxylic acids is 2. The molecule has 2 rings (SSSR count). The predicted octanol–water partition coefficient (Wildman–Crippen LogP) is -0.904. The van der Waals surface area contributed by atoms with Gasteiger partial charge in [-0.1, -0.05) is 30.3 Å². The van der Waals surface area contributed by atoms with Gasteiger partial charge in [-0.25, -0.2) is 0 Å². The number of likely N-dealkylation sites (tertiary alicyclic amines) is 1. The number of nitrogens with zero attached hydrogens (tertiary/aromatic N) is 1. The predicted molar refractivity (Wildman–Crippen MR) is 112 cm³/mol. The third-order valence-corrected chi connectivity index (χ3v) is 5.20. The molecule has 1 aromatic rings. The van der Waals surface area contributed by atoms with Crippen LogP contribution < -0.4 is 16.4 Å². The molecule has 0 spiro atoms. The van der Waals surface area contributed by atoms with Gasteiger partial charge in [0.25, 0.3) is 0 Å². The number of carboxylic acid groups (broad SMARTS) is 2. The van der Waals surface area contributed by atoms with E-state index in [1.165, 1.54) is 11.8 Å². The van der Waals surface area contributed by atoms with Crippen molar-refractivity contribution in [3.63, 3.8) is 0 Å². The van der Waals surface area contributed by atoms with Crippen molar-refractivity contribution in [2.75, 3.05) is 6.54 Å². The molecule has 0 aromatic heterocycles. The number of carbonyl (C=O) groups is 5. The van der Waals surface area contributed by atoms with Gasteiger partial charge >= 0.3 is 11.9 Å². The quantitative estimate of drug-likeness (QED) is 0.305. The molecule has 0 aliphatic carbocycles. The largest absolute Gasteiger partial charge is 0.481 e. The van der Waals surface area contributed by atoms with Gasteiger partial charge in [-0.3, -0.25) is 24.0 Å². The lowest BCUT2D eigenvalue weighted by Gasteiger charge is -2.29. The summed E-state index contributed by atoms with van der Waals surface area (Å²) < 4.78 is 0. The van der Waals surface area contributed by atoms with Crippen LogP contribution >= 0.6 is 0 Å². The van der Waals surface area contributed by atoms with Crippen LogP contribution in [0.5, 0.6) is 0 Å². The molecule has 0 saturated carbocycles. The van der Waals surface area contributed by atoms with Gasteiger partial charge in [0.2, 0.25) is 17.7 Å². The van der Waals surface area contributed by atoms with Gasteiger partial charge in [0.05, 0.1) is 12.5 Å². The summed E-state index contributed by atoms with van der Waals surface area (Å²) in [6.45, 7) is 1.48. The Morgan fingerprint density at radius 2 is 1.78 bits per heavy atom. The first-order valence-electron chi connectivity index (χ1n) is 10.3. The first kappa shape index (κ1) is 24.8. The van der Waals surface area contributed by atoms with Crippen LogP contribution in [0, 0.1) is 0 Å². The topological polar surface area (TPSA) is 179 Å². The first-order valence-corrected chi connectivity index (χ1v) is 10.3. The van der Waals surface area contributed by atoms with Crippen molar-refractivity contribution >= 4 is 29.7 Å². The summed E-state index contributed by atoms with van der Waals surface area (Å²) in [6.07, 6.45) is 0.291. The van der Waals surface area contributed by atoms with E-state index in [1.54, 1.807) is 24.3 Å². The van der Waals surface area contributed by atoms with Crippen LogP contribution in [0.2, 0.25) is 0 Å². The fourth-order valence-corrected chi connectivity index (χ4v) is 3.49. The van der Waals surface area contributed by atoms with Crippen LogP contribution in [-0.2, 0) is 30.4 Å². The number of aliphatic carboxylic acids is 2. The molecule has 32 heavy (non-hydrogen) atoms. The highest BCUT2D eigenvalue weighted by molar-refractivity contribution is 5.96. The molecule has 0 radical (unpaired) electrons. The molecule has 3 amide bonds. The molecular formula is C21H28N4O7. The molecule has 1 heterocycles. The molecule has 4 atom stereocenters. The molecule has 1 aliphatic rings. The highest BCUT2D eigenvalue weighted by atomic mass is 16.4. The Hall–Kier alpha value is -3.47. The molecule has 4 unspecified atom stereocenters. The number of amides is 3. The number of rotatable bonds is 10. The molecule has 0 bridgehead atoms. The van der Waals surface area contributed by atoms with Gasteiger partial charge in [-0.15, -0.1) is 0 Å². The number of nitrogens with one attached hydrogen (secondary N) is 2. The minimum Gasteiger partial charge on any atom is -0.481 e. The van der Waals surface area contributed by atoms with Crippen molar-refractivity contribution in [1.29, 1.82) is 0 Å². The molecule has 1 aliphatic heterocycles. The van der Waals surface area contributed by atoms with Crippen LogP contribution in [0.25, 0.3) is 0 Å². The number of benzene rings is 1. The first-order chi connectivity index (χ1) is 15.1. The number of hydrogen-bond acceptors (Lipinski definition) is 6. The van der Waals surface area contributed by atoms with E-state index in [9.17, 15) is 29.1 Å². The molecular weight excluding hydrogens is 420 g/mol. The third-order valence-electron chi connectivity index (χ3n) is 5.20. The molecule has 11 heteroatoms. The third kappa shape index (κ3) is 6.77.